The van der Waals surface area contributed by atoms with Crippen molar-refractivity contribution in [1.82, 2.24) is 10.2 Å². The third kappa shape index (κ3) is 2.70. The lowest BCUT2D eigenvalue weighted by molar-refractivity contribution is 0.247. The van der Waals surface area contributed by atoms with Crippen LogP contribution in [0, 0.1) is 0 Å². The molecule has 1 N–H and O–H groups in total. The molecule has 1 aromatic carbocycles. The third-order valence-corrected chi connectivity index (χ3v) is 4.92. The summed E-state index contributed by atoms with van der Waals surface area (Å²) < 4.78 is 27.5. The zero-order valence-corrected chi connectivity index (χ0v) is 12.0. The number of anilines is 1. The minimum Gasteiger partial charge on any atom is -0.329 e. The van der Waals surface area contributed by atoms with Crippen LogP contribution in [0.2, 0.25) is 0 Å². The van der Waals surface area contributed by atoms with Crippen LogP contribution < -0.4 is 10.2 Å². The fourth-order valence-corrected chi connectivity index (χ4v) is 3.56. The normalized spacial score (nSPS) is 21.7. The van der Waals surface area contributed by atoms with Gasteiger partial charge in [0.2, 0.25) is 0 Å². The molecule has 2 heterocycles. The van der Waals surface area contributed by atoms with Crippen LogP contribution in [0.4, 0.5) is 5.69 Å². The van der Waals surface area contributed by atoms with Crippen LogP contribution in [0.5, 0.6) is 0 Å². The van der Waals surface area contributed by atoms with Crippen molar-refractivity contribution in [2.45, 2.75) is 4.90 Å². The number of fused-ring (bicyclic) bond motifs is 1. The summed E-state index contributed by atoms with van der Waals surface area (Å²) in [4.78, 5) is 4.58. The Balaban J connectivity index is 1.74. The van der Waals surface area contributed by atoms with Crippen LogP contribution in [-0.4, -0.2) is 58.9 Å². The van der Waals surface area contributed by atoms with Crippen LogP contribution in [0.15, 0.2) is 33.6 Å². The molecule has 7 heteroatoms. The number of hydrogen-bond acceptors (Lipinski definition) is 5. The van der Waals surface area contributed by atoms with E-state index in [0.717, 1.165) is 45.0 Å². The Bertz CT molecular complexity index is 609. The van der Waals surface area contributed by atoms with E-state index in [2.05, 4.69) is 14.6 Å². The lowest BCUT2D eigenvalue weighted by Gasteiger charge is -2.31. The van der Waals surface area contributed by atoms with Gasteiger partial charge < -0.3 is 10.2 Å². The van der Waals surface area contributed by atoms with Gasteiger partial charge in [-0.3, -0.25) is 4.90 Å². The second-order valence-electron chi connectivity index (χ2n) is 4.95. The molecule has 0 spiro atoms. The Morgan fingerprint density at radius 2 is 1.90 bits per heavy atom. The summed E-state index contributed by atoms with van der Waals surface area (Å²) in [6.07, 6.45) is 1.43. The molecule has 0 unspecified atom stereocenters. The highest BCUT2D eigenvalue weighted by Gasteiger charge is 2.24. The topological polar surface area (TPSA) is 65.0 Å². The van der Waals surface area contributed by atoms with E-state index in [1.807, 2.05) is 17.0 Å². The van der Waals surface area contributed by atoms with Gasteiger partial charge in [-0.1, -0.05) is 12.1 Å². The molecule has 1 fully saturated rings. The van der Waals surface area contributed by atoms with E-state index in [1.54, 1.807) is 12.1 Å². The Morgan fingerprint density at radius 1 is 1.15 bits per heavy atom. The van der Waals surface area contributed by atoms with Crippen molar-refractivity contribution < 1.29 is 8.42 Å². The maximum absolute atomic E-state index is 11.9. The van der Waals surface area contributed by atoms with Crippen molar-refractivity contribution in [2.24, 2.45) is 4.40 Å². The lowest BCUT2D eigenvalue weighted by atomic mass is 10.3. The van der Waals surface area contributed by atoms with E-state index in [4.69, 9.17) is 0 Å². The molecular weight excluding hydrogens is 276 g/mol. The molecule has 0 aliphatic carbocycles. The Morgan fingerprint density at radius 3 is 2.70 bits per heavy atom. The van der Waals surface area contributed by atoms with Crippen molar-refractivity contribution in [1.29, 1.82) is 0 Å². The van der Waals surface area contributed by atoms with E-state index in [1.165, 1.54) is 6.34 Å². The highest BCUT2D eigenvalue weighted by Crippen LogP contribution is 2.28. The van der Waals surface area contributed by atoms with Gasteiger partial charge in [-0.05, 0) is 12.1 Å². The third-order valence-electron chi connectivity index (χ3n) is 3.64. The molecule has 3 rings (SSSR count). The highest BCUT2D eigenvalue weighted by atomic mass is 32.2. The first-order valence-corrected chi connectivity index (χ1v) is 8.20. The van der Waals surface area contributed by atoms with Crippen molar-refractivity contribution in [3.05, 3.63) is 24.3 Å². The van der Waals surface area contributed by atoms with Crippen molar-refractivity contribution >= 4 is 22.0 Å². The zero-order chi connectivity index (χ0) is 14.0. The minimum atomic E-state index is -3.51. The van der Waals surface area contributed by atoms with E-state index >= 15 is 0 Å². The fraction of sp³-hybridized carbons (Fsp3) is 0.462. The molecule has 0 saturated carbocycles. The van der Waals surface area contributed by atoms with Crippen LogP contribution in [-0.2, 0) is 10.0 Å². The largest absolute Gasteiger partial charge is 0.329 e. The molecule has 108 valence electrons. The van der Waals surface area contributed by atoms with Gasteiger partial charge in [0.1, 0.15) is 11.2 Å². The Labute approximate surface area is 119 Å². The standard InChI is InChI=1S/C13H18N4O2S/c18-20(19)13-4-2-1-3-12(13)17(11-15-20)10-9-16-7-5-14-6-8-16/h1-4,11,14H,5-10H2. The summed E-state index contributed by atoms with van der Waals surface area (Å²) in [5, 5.41) is 3.32. The molecule has 0 aromatic heterocycles. The summed E-state index contributed by atoms with van der Waals surface area (Å²) >= 11 is 0. The molecule has 0 bridgehead atoms. The zero-order valence-electron chi connectivity index (χ0n) is 11.2. The number of sulfonamides is 1. The minimum absolute atomic E-state index is 0.294. The van der Waals surface area contributed by atoms with Crippen LogP contribution >= 0.6 is 0 Å². The lowest BCUT2D eigenvalue weighted by Crippen LogP contribution is -2.46. The predicted molar refractivity (Wildman–Crippen MR) is 78.8 cm³/mol. The maximum atomic E-state index is 11.9. The highest BCUT2D eigenvalue weighted by molar-refractivity contribution is 7.90. The Hall–Kier alpha value is -1.44. The monoisotopic (exact) mass is 294 g/mol. The van der Waals surface area contributed by atoms with Gasteiger partial charge in [0.05, 0.1) is 5.69 Å². The maximum Gasteiger partial charge on any atom is 0.285 e. The Kier molecular flexibility index (Phi) is 3.73. The molecule has 2 aliphatic rings. The predicted octanol–water partition coefficient (Wildman–Crippen LogP) is 0.129. The van der Waals surface area contributed by atoms with Crippen LogP contribution in [0.3, 0.4) is 0 Å². The second-order valence-corrected chi connectivity index (χ2v) is 6.55. The molecule has 1 saturated heterocycles. The van der Waals surface area contributed by atoms with Gasteiger partial charge in [0.15, 0.2) is 0 Å². The van der Waals surface area contributed by atoms with Crippen molar-refractivity contribution in [3.8, 4) is 0 Å². The molecule has 0 amide bonds. The summed E-state index contributed by atoms with van der Waals surface area (Å²) in [6.45, 7) is 5.74. The number of para-hydroxylation sites is 1. The quantitative estimate of drug-likeness (QED) is 0.858. The summed E-state index contributed by atoms with van der Waals surface area (Å²) in [7, 11) is -3.51. The molecule has 0 atom stereocenters. The first-order valence-electron chi connectivity index (χ1n) is 6.76. The van der Waals surface area contributed by atoms with Gasteiger partial charge >= 0.3 is 0 Å². The first-order chi connectivity index (χ1) is 9.67. The SMILES string of the molecule is O=S1(=O)N=CN(CCN2CCNCC2)c2ccccc21. The summed E-state index contributed by atoms with van der Waals surface area (Å²) in [5.41, 5.74) is 0.720. The molecule has 2 aliphatic heterocycles. The van der Waals surface area contributed by atoms with E-state index in [9.17, 15) is 8.42 Å². The fourth-order valence-electron chi connectivity index (χ4n) is 2.51. The van der Waals surface area contributed by atoms with Gasteiger partial charge in [-0.2, -0.15) is 8.42 Å². The van der Waals surface area contributed by atoms with E-state index < -0.39 is 10.0 Å². The molecule has 6 nitrogen and oxygen atoms in total. The van der Waals surface area contributed by atoms with Gasteiger partial charge in [-0.15, -0.1) is 4.40 Å². The number of piperazine rings is 1. The van der Waals surface area contributed by atoms with Gasteiger partial charge in [0, 0.05) is 39.3 Å². The van der Waals surface area contributed by atoms with Crippen molar-refractivity contribution in [2.75, 3.05) is 44.2 Å². The molecule has 20 heavy (non-hydrogen) atoms. The van der Waals surface area contributed by atoms with Crippen molar-refractivity contribution in [3.63, 3.8) is 0 Å². The number of nitrogens with one attached hydrogen (secondary N) is 1. The molecule has 1 aromatic rings. The number of benzene rings is 1. The second kappa shape index (κ2) is 5.51. The first kappa shape index (κ1) is 13.5. The number of rotatable bonds is 3. The van der Waals surface area contributed by atoms with E-state index in [-0.39, 0.29) is 0 Å². The van der Waals surface area contributed by atoms with Gasteiger partial charge in [0.25, 0.3) is 10.0 Å². The summed E-state index contributed by atoms with van der Waals surface area (Å²) in [6, 6.07) is 7.02. The average Bonchev–Trinajstić information content (AvgIpc) is 2.48. The summed E-state index contributed by atoms with van der Waals surface area (Å²) in [5.74, 6) is 0. The molecular formula is C13H18N4O2S. The van der Waals surface area contributed by atoms with E-state index in [0.29, 0.717) is 4.90 Å². The van der Waals surface area contributed by atoms with Crippen LogP contribution in [0.25, 0.3) is 0 Å². The van der Waals surface area contributed by atoms with Crippen LogP contribution in [0.1, 0.15) is 0 Å². The smallest absolute Gasteiger partial charge is 0.285 e. The average molecular weight is 294 g/mol. The van der Waals surface area contributed by atoms with Gasteiger partial charge in [-0.25, -0.2) is 0 Å². The number of nitrogens with zero attached hydrogens (tertiary/aromatic N) is 3. The molecule has 0 radical (unpaired) electrons. The number of hydrogen-bond donors (Lipinski definition) is 1.